The van der Waals surface area contributed by atoms with Crippen molar-refractivity contribution in [3.05, 3.63) is 62.7 Å². The Kier molecular flexibility index (Phi) is 4.01. The van der Waals surface area contributed by atoms with Gasteiger partial charge in [-0.3, -0.25) is 4.79 Å². The van der Waals surface area contributed by atoms with E-state index in [9.17, 15) is 4.79 Å². The van der Waals surface area contributed by atoms with Crippen LogP contribution in [0.4, 0.5) is 5.69 Å². The SMILES string of the molecule is Cc1ccc(C(=O)Nc2ccc(C)c(I)c2)cc1. The molecule has 0 spiro atoms. The zero-order chi connectivity index (χ0) is 13.1. The number of hydrogen-bond acceptors (Lipinski definition) is 1. The summed E-state index contributed by atoms with van der Waals surface area (Å²) >= 11 is 2.26. The molecule has 0 fully saturated rings. The maximum absolute atomic E-state index is 12.0. The number of carbonyl (C=O) groups is 1. The van der Waals surface area contributed by atoms with Gasteiger partial charge in [0.15, 0.2) is 0 Å². The molecule has 0 atom stereocenters. The second kappa shape index (κ2) is 5.52. The number of amides is 1. The molecule has 1 amide bonds. The van der Waals surface area contributed by atoms with Crippen LogP contribution in [0.5, 0.6) is 0 Å². The van der Waals surface area contributed by atoms with Crippen molar-refractivity contribution < 1.29 is 4.79 Å². The van der Waals surface area contributed by atoms with E-state index in [0.717, 1.165) is 14.8 Å². The third-order valence-corrected chi connectivity index (χ3v) is 3.91. The predicted molar refractivity (Wildman–Crippen MR) is 83.0 cm³/mol. The highest BCUT2D eigenvalue weighted by molar-refractivity contribution is 14.1. The van der Waals surface area contributed by atoms with Gasteiger partial charge in [0.1, 0.15) is 0 Å². The van der Waals surface area contributed by atoms with Crippen molar-refractivity contribution >= 4 is 34.2 Å². The van der Waals surface area contributed by atoms with E-state index in [1.807, 2.05) is 56.3 Å². The number of anilines is 1. The highest BCUT2D eigenvalue weighted by atomic mass is 127. The van der Waals surface area contributed by atoms with Gasteiger partial charge in [0.25, 0.3) is 5.91 Å². The first-order valence-corrected chi connectivity index (χ1v) is 6.78. The van der Waals surface area contributed by atoms with Crippen LogP contribution in [0.15, 0.2) is 42.5 Å². The lowest BCUT2D eigenvalue weighted by Gasteiger charge is -2.07. The minimum Gasteiger partial charge on any atom is -0.322 e. The third kappa shape index (κ3) is 3.10. The van der Waals surface area contributed by atoms with Crippen LogP contribution in [0, 0.1) is 17.4 Å². The third-order valence-electron chi connectivity index (χ3n) is 2.74. The van der Waals surface area contributed by atoms with Gasteiger partial charge < -0.3 is 5.32 Å². The van der Waals surface area contributed by atoms with E-state index in [-0.39, 0.29) is 5.91 Å². The summed E-state index contributed by atoms with van der Waals surface area (Å²) in [6, 6.07) is 13.5. The summed E-state index contributed by atoms with van der Waals surface area (Å²) in [7, 11) is 0. The summed E-state index contributed by atoms with van der Waals surface area (Å²) in [5.41, 5.74) is 3.87. The monoisotopic (exact) mass is 351 g/mol. The van der Waals surface area contributed by atoms with Gasteiger partial charge in [-0.2, -0.15) is 0 Å². The number of rotatable bonds is 2. The van der Waals surface area contributed by atoms with Gasteiger partial charge in [0.05, 0.1) is 0 Å². The topological polar surface area (TPSA) is 29.1 Å². The van der Waals surface area contributed by atoms with Gasteiger partial charge in [-0.25, -0.2) is 0 Å². The molecule has 0 saturated carbocycles. The average molecular weight is 351 g/mol. The number of carbonyl (C=O) groups excluding carboxylic acids is 1. The highest BCUT2D eigenvalue weighted by Gasteiger charge is 2.06. The van der Waals surface area contributed by atoms with Crippen LogP contribution in [-0.4, -0.2) is 5.91 Å². The lowest BCUT2D eigenvalue weighted by Crippen LogP contribution is -2.11. The molecule has 0 saturated heterocycles. The van der Waals surface area contributed by atoms with E-state index in [1.54, 1.807) is 0 Å². The maximum Gasteiger partial charge on any atom is 0.255 e. The van der Waals surface area contributed by atoms with E-state index < -0.39 is 0 Å². The second-order valence-electron chi connectivity index (χ2n) is 4.28. The Hall–Kier alpha value is -1.36. The molecule has 2 aromatic carbocycles. The molecular weight excluding hydrogens is 337 g/mol. The molecular formula is C15H14INO. The highest BCUT2D eigenvalue weighted by Crippen LogP contribution is 2.17. The molecule has 2 rings (SSSR count). The maximum atomic E-state index is 12.0. The molecule has 18 heavy (non-hydrogen) atoms. The van der Waals surface area contributed by atoms with Gasteiger partial charge >= 0.3 is 0 Å². The van der Waals surface area contributed by atoms with Gasteiger partial charge in [0.2, 0.25) is 0 Å². The zero-order valence-electron chi connectivity index (χ0n) is 10.3. The minimum atomic E-state index is -0.0744. The van der Waals surface area contributed by atoms with E-state index in [0.29, 0.717) is 5.56 Å². The first kappa shape index (κ1) is 13.1. The molecule has 2 nitrogen and oxygen atoms in total. The summed E-state index contributed by atoms with van der Waals surface area (Å²) in [6.07, 6.45) is 0. The van der Waals surface area contributed by atoms with Crippen LogP contribution in [0.1, 0.15) is 21.5 Å². The molecule has 0 bridgehead atoms. The van der Waals surface area contributed by atoms with Crippen LogP contribution >= 0.6 is 22.6 Å². The van der Waals surface area contributed by atoms with Crippen LogP contribution in [-0.2, 0) is 0 Å². The quantitative estimate of drug-likeness (QED) is 0.809. The fourth-order valence-electron chi connectivity index (χ4n) is 1.58. The molecule has 0 aromatic heterocycles. The summed E-state index contributed by atoms with van der Waals surface area (Å²) in [4.78, 5) is 12.0. The Balaban J connectivity index is 2.16. The molecule has 2 aromatic rings. The number of hydrogen-bond donors (Lipinski definition) is 1. The zero-order valence-corrected chi connectivity index (χ0v) is 12.5. The first-order chi connectivity index (χ1) is 8.56. The predicted octanol–water partition coefficient (Wildman–Crippen LogP) is 4.16. The van der Waals surface area contributed by atoms with Crippen LogP contribution < -0.4 is 5.32 Å². The van der Waals surface area contributed by atoms with E-state index in [1.165, 1.54) is 5.56 Å². The second-order valence-corrected chi connectivity index (χ2v) is 5.45. The Morgan fingerprint density at radius 3 is 2.33 bits per heavy atom. The number of benzene rings is 2. The van der Waals surface area contributed by atoms with E-state index >= 15 is 0 Å². The van der Waals surface area contributed by atoms with Crippen molar-refractivity contribution in [1.29, 1.82) is 0 Å². The molecule has 3 heteroatoms. The molecule has 0 aliphatic heterocycles. The lowest BCUT2D eigenvalue weighted by molar-refractivity contribution is 0.102. The summed E-state index contributed by atoms with van der Waals surface area (Å²) < 4.78 is 1.15. The Bertz CT molecular complexity index is 576. The standard InChI is InChI=1S/C15H14INO/c1-10-3-6-12(7-4-10)15(18)17-13-8-5-11(2)14(16)9-13/h3-9H,1-2H3,(H,17,18). The van der Waals surface area contributed by atoms with Gasteiger partial charge in [-0.15, -0.1) is 0 Å². The molecule has 0 radical (unpaired) electrons. The average Bonchev–Trinajstić information content (AvgIpc) is 2.34. The molecule has 0 aliphatic carbocycles. The van der Waals surface area contributed by atoms with Gasteiger partial charge in [-0.1, -0.05) is 23.8 Å². The lowest BCUT2D eigenvalue weighted by atomic mass is 10.1. The summed E-state index contributed by atoms with van der Waals surface area (Å²) in [6.45, 7) is 4.05. The van der Waals surface area contributed by atoms with E-state index in [4.69, 9.17) is 0 Å². The van der Waals surface area contributed by atoms with Crippen molar-refractivity contribution in [2.75, 3.05) is 5.32 Å². The number of halogens is 1. The molecule has 0 heterocycles. The Labute approximate surface area is 121 Å². The van der Waals surface area contributed by atoms with Crippen molar-refractivity contribution in [3.8, 4) is 0 Å². The fraction of sp³-hybridized carbons (Fsp3) is 0.133. The van der Waals surface area contributed by atoms with Crippen molar-refractivity contribution in [1.82, 2.24) is 0 Å². The Morgan fingerprint density at radius 1 is 1.06 bits per heavy atom. The molecule has 1 N–H and O–H groups in total. The van der Waals surface area contributed by atoms with Crippen molar-refractivity contribution in [2.45, 2.75) is 13.8 Å². The van der Waals surface area contributed by atoms with Crippen LogP contribution in [0.2, 0.25) is 0 Å². The minimum absolute atomic E-state index is 0.0744. The summed E-state index contributed by atoms with van der Waals surface area (Å²) in [5, 5.41) is 2.90. The first-order valence-electron chi connectivity index (χ1n) is 5.70. The van der Waals surface area contributed by atoms with Crippen molar-refractivity contribution in [3.63, 3.8) is 0 Å². The van der Waals surface area contributed by atoms with E-state index in [2.05, 4.69) is 27.9 Å². The largest absolute Gasteiger partial charge is 0.322 e. The van der Waals surface area contributed by atoms with Gasteiger partial charge in [0, 0.05) is 14.8 Å². The fourth-order valence-corrected chi connectivity index (χ4v) is 2.09. The smallest absolute Gasteiger partial charge is 0.255 e. The summed E-state index contributed by atoms with van der Waals surface area (Å²) in [5.74, 6) is -0.0744. The molecule has 0 unspecified atom stereocenters. The van der Waals surface area contributed by atoms with Crippen LogP contribution in [0.3, 0.4) is 0 Å². The number of nitrogens with one attached hydrogen (secondary N) is 1. The van der Waals surface area contributed by atoms with Crippen LogP contribution in [0.25, 0.3) is 0 Å². The van der Waals surface area contributed by atoms with Gasteiger partial charge in [-0.05, 0) is 66.3 Å². The van der Waals surface area contributed by atoms with Crippen molar-refractivity contribution in [2.24, 2.45) is 0 Å². The molecule has 92 valence electrons. The normalized spacial score (nSPS) is 10.2. The molecule has 0 aliphatic rings. The Morgan fingerprint density at radius 2 is 1.72 bits per heavy atom. The number of aryl methyl sites for hydroxylation is 2.